The van der Waals surface area contributed by atoms with Crippen LogP contribution in [0.1, 0.15) is 6.42 Å². The molecule has 1 saturated heterocycles. The van der Waals surface area contributed by atoms with Crippen molar-refractivity contribution in [1.29, 1.82) is 0 Å². The molecule has 1 fully saturated rings. The van der Waals surface area contributed by atoms with Gasteiger partial charge in [-0.2, -0.15) is 0 Å². The van der Waals surface area contributed by atoms with Crippen LogP contribution in [0.5, 0.6) is 0 Å². The highest BCUT2D eigenvalue weighted by atomic mass is 16.6. The van der Waals surface area contributed by atoms with E-state index in [1.807, 2.05) is 0 Å². The highest BCUT2D eigenvalue weighted by Crippen LogP contribution is 2.22. The molecule has 0 aromatic carbocycles. The van der Waals surface area contributed by atoms with Crippen LogP contribution < -0.4 is 5.73 Å². The molecule has 13 heavy (non-hydrogen) atoms. The number of hydrogen-bond acceptors (Lipinski definition) is 4. The molecule has 2 radical (unpaired) electrons. The van der Waals surface area contributed by atoms with Gasteiger partial charge < -0.3 is 20.3 Å². The first-order valence-corrected chi connectivity index (χ1v) is 4.23. The Balaban J connectivity index is 2.43. The van der Waals surface area contributed by atoms with Gasteiger partial charge in [0.2, 0.25) is 0 Å². The first-order chi connectivity index (χ1) is 6.17. The maximum absolute atomic E-state index is 8.92. The van der Waals surface area contributed by atoms with Crippen LogP contribution in [0.25, 0.3) is 0 Å². The number of aliphatic hydroxyl groups is 1. The molecular weight excluding hydrogens is 169 g/mol. The van der Waals surface area contributed by atoms with E-state index in [4.69, 9.17) is 28.2 Å². The van der Waals surface area contributed by atoms with E-state index < -0.39 is 0 Å². The smallest absolute Gasteiger partial charge is 0.128 e. The Labute approximate surface area is 79.1 Å². The first-order valence-electron chi connectivity index (χ1n) is 4.23. The van der Waals surface area contributed by atoms with Crippen LogP contribution in [0.3, 0.4) is 0 Å². The minimum Gasteiger partial charge on any atom is -0.491 e. The zero-order valence-electron chi connectivity index (χ0n) is 7.48. The van der Waals surface area contributed by atoms with Crippen molar-refractivity contribution >= 4 is 7.85 Å². The summed E-state index contributed by atoms with van der Waals surface area (Å²) in [7, 11) is 5.53. The van der Waals surface area contributed by atoms with E-state index in [1.54, 1.807) is 0 Å². The second-order valence-electron chi connectivity index (χ2n) is 3.03. The summed E-state index contributed by atoms with van der Waals surface area (Å²) >= 11 is 0. The van der Waals surface area contributed by atoms with E-state index in [2.05, 4.69) is 6.58 Å². The van der Waals surface area contributed by atoms with Gasteiger partial charge in [0.1, 0.15) is 25.8 Å². The fourth-order valence-corrected chi connectivity index (χ4v) is 1.30. The summed E-state index contributed by atoms with van der Waals surface area (Å²) in [6.45, 7) is 3.77. The van der Waals surface area contributed by atoms with Crippen LogP contribution >= 0.6 is 0 Å². The molecule has 72 valence electrons. The SMILES string of the molecule is [B][C@@H]1CC(OC(=C)CN)[C@H](CO)O1. The zero-order valence-corrected chi connectivity index (χ0v) is 7.48. The summed E-state index contributed by atoms with van der Waals surface area (Å²) in [5, 5.41) is 8.92. The molecule has 3 atom stereocenters. The summed E-state index contributed by atoms with van der Waals surface area (Å²) < 4.78 is 10.5. The molecule has 0 spiro atoms. The standard InChI is InChI=1S/C8H14BNO3/c1-5(3-10)12-6-2-8(9)13-7(6)4-11/h6-8,11H,1-4,10H2/t6?,7-,8-/m0/s1. The topological polar surface area (TPSA) is 64.7 Å². The van der Waals surface area contributed by atoms with Crippen molar-refractivity contribution in [1.82, 2.24) is 0 Å². The predicted molar refractivity (Wildman–Crippen MR) is 49.2 cm³/mol. The van der Waals surface area contributed by atoms with Crippen LogP contribution in [-0.4, -0.2) is 44.3 Å². The van der Waals surface area contributed by atoms with E-state index in [-0.39, 0.29) is 31.4 Å². The van der Waals surface area contributed by atoms with Crippen molar-refractivity contribution in [2.45, 2.75) is 24.6 Å². The van der Waals surface area contributed by atoms with Gasteiger partial charge in [0.25, 0.3) is 0 Å². The Hall–Kier alpha value is -0.515. The lowest BCUT2D eigenvalue weighted by Crippen LogP contribution is -2.28. The molecule has 0 aromatic rings. The molecule has 1 aliphatic rings. The van der Waals surface area contributed by atoms with Gasteiger partial charge in [0, 0.05) is 12.4 Å². The van der Waals surface area contributed by atoms with E-state index in [0.29, 0.717) is 12.2 Å². The highest BCUT2D eigenvalue weighted by molar-refractivity contribution is 6.11. The number of rotatable bonds is 4. The summed E-state index contributed by atoms with van der Waals surface area (Å²) in [5.74, 6) is 0.487. The molecule has 0 bridgehead atoms. The first kappa shape index (κ1) is 10.6. The molecule has 5 heteroatoms. The van der Waals surface area contributed by atoms with Gasteiger partial charge in [-0.25, -0.2) is 0 Å². The molecule has 1 aliphatic heterocycles. The third kappa shape index (κ3) is 2.72. The largest absolute Gasteiger partial charge is 0.491 e. The van der Waals surface area contributed by atoms with Crippen molar-refractivity contribution in [3.05, 3.63) is 12.3 Å². The predicted octanol–water partition coefficient (Wildman–Crippen LogP) is -0.880. The molecule has 3 N–H and O–H groups in total. The second-order valence-corrected chi connectivity index (χ2v) is 3.03. The van der Waals surface area contributed by atoms with Gasteiger partial charge in [0.15, 0.2) is 0 Å². The lowest BCUT2D eigenvalue weighted by molar-refractivity contribution is -0.0161. The molecule has 1 heterocycles. The van der Waals surface area contributed by atoms with Crippen LogP contribution in [-0.2, 0) is 9.47 Å². The average Bonchev–Trinajstić information content (AvgIpc) is 2.46. The Morgan fingerprint density at radius 2 is 2.46 bits per heavy atom. The van der Waals surface area contributed by atoms with Crippen molar-refractivity contribution in [2.75, 3.05) is 13.2 Å². The third-order valence-electron chi connectivity index (χ3n) is 1.95. The normalized spacial score (nSPS) is 33.2. The van der Waals surface area contributed by atoms with Crippen LogP contribution in [0.4, 0.5) is 0 Å². The van der Waals surface area contributed by atoms with Gasteiger partial charge in [0.05, 0.1) is 13.2 Å². The fourth-order valence-electron chi connectivity index (χ4n) is 1.30. The zero-order chi connectivity index (χ0) is 9.84. The summed E-state index contributed by atoms with van der Waals surface area (Å²) in [6.07, 6.45) is -0.0288. The van der Waals surface area contributed by atoms with E-state index in [1.165, 1.54) is 0 Å². The van der Waals surface area contributed by atoms with E-state index in [0.717, 1.165) is 0 Å². The van der Waals surface area contributed by atoms with Gasteiger partial charge in [-0.05, 0) is 0 Å². The third-order valence-corrected chi connectivity index (χ3v) is 1.95. The van der Waals surface area contributed by atoms with Crippen molar-refractivity contribution < 1.29 is 14.6 Å². The quantitative estimate of drug-likeness (QED) is 0.438. The Morgan fingerprint density at radius 1 is 1.77 bits per heavy atom. The lowest BCUT2D eigenvalue weighted by atomic mass is 9.96. The van der Waals surface area contributed by atoms with Crippen LogP contribution in [0.15, 0.2) is 12.3 Å². The molecule has 0 saturated carbocycles. The fraction of sp³-hybridized carbons (Fsp3) is 0.750. The minimum absolute atomic E-state index is 0.101. The molecule has 4 nitrogen and oxygen atoms in total. The Morgan fingerprint density at radius 3 is 3.00 bits per heavy atom. The molecule has 1 rings (SSSR count). The van der Waals surface area contributed by atoms with E-state index in [9.17, 15) is 0 Å². The summed E-state index contributed by atoms with van der Waals surface area (Å²) in [4.78, 5) is 0. The van der Waals surface area contributed by atoms with Crippen LogP contribution in [0.2, 0.25) is 0 Å². The summed E-state index contributed by atoms with van der Waals surface area (Å²) in [5.41, 5.74) is 5.31. The number of aliphatic hydroxyl groups excluding tert-OH is 1. The minimum atomic E-state index is -0.368. The van der Waals surface area contributed by atoms with Gasteiger partial charge in [-0.1, -0.05) is 6.58 Å². The number of nitrogens with two attached hydrogens (primary N) is 1. The number of ether oxygens (including phenoxy) is 2. The molecule has 0 amide bonds. The van der Waals surface area contributed by atoms with Crippen molar-refractivity contribution in [3.8, 4) is 0 Å². The monoisotopic (exact) mass is 183 g/mol. The number of hydrogen-bond donors (Lipinski definition) is 2. The molecule has 0 aromatic heterocycles. The van der Waals surface area contributed by atoms with Crippen molar-refractivity contribution in [3.63, 3.8) is 0 Å². The maximum Gasteiger partial charge on any atom is 0.128 e. The molecule has 0 aliphatic carbocycles. The van der Waals surface area contributed by atoms with Crippen molar-refractivity contribution in [2.24, 2.45) is 5.73 Å². The highest BCUT2D eigenvalue weighted by Gasteiger charge is 2.33. The average molecular weight is 183 g/mol. The Kier molecular flexibility index (Phi) is 3.78. The van der Waals surface area contributed by atoms with Gasteiger partial charge >= 0.3 is 0 Å². The molecular formula is C8H14BNO3. The second kappa shape index (κ2) is 4.65. The van der Waals surface area contributed by atoms with Gasteiger partial charge in [-0.3, -0.25) is 0 Å². The lowest BCUT2D eigenvalue weighted by Gasteiger charge is -2.18. The van der Waals surface area contributed by atoms with Gasteiger partial charge in [-0.15, -0.1) is 0 Å². The van der Waals surface area contributed by atoms with E-state index >= 15 is 0 Å². The Bertz CT molecular complexity index is 188. The summed E-state index contributed by atoms with van der Waals surface area (Å²) in [6, 6.07) is -0.368. The molecule has 1 unspecified atom stereocenters. The maximum atomic E-state index is 8.92. The van der Waals surface area contributed by atoms with Crippen LogP contribution in [0, 0.1) is 0 Å².